The lowest BCUT2D eigenvalue weighted by Gasteiger charge is -2.18. The number of nitrogens with zero attached hydrogens (tertiary/aromatic N) is 3. The summed E-state index contributed by atoms with van der Waals surface area (Å²) >= 11 is 0. The zero-order chi connectivity index (χ0) is 20.5. The van der Waals surface area contributed by atoms with Crippen LogP contribution in [0.2, 0.25) is 0 Å². The van der Waals surface area contributed by atoms with E-state index in [2.05, 4.69) is 27.2 Å². The van der Waals surface area contributed by atoms with E-state index in [1.54, 1.807) is 6.20 Å². The highest BCUT2D eigenvalue weighted by Crippen LogP contribution is 2.29. The van der Waals surface area contributed by atoms with Crippen molar-refractivity contribution in [3.8, 4) is 11.9 Å². The zero-order valence-electron chi connectivity index (χ0n) is 16.5. The molecular weight excluding hydrogens is 372 g/mol. The van der Waals surface area contributed by atoms with Crippen molar-refractivity contribution in [3.63, 3.8) is 0 Å². The topological polar surface area (TPSA) is 119 Å². The molecule has 1 aliphatic carbocycles. The maximum atomic E-state index is 11.5. The Hall–Kier alpha value is -2.70. The van der Waals surface area contributed by atoms with Gasteiger partial charge in [-0.05, 0) is 43.2 Å². The molecule has 9 heteroatoms. The second-order valence-corrected chi connectivity index (χ2v) is 7.50. The third-order valence-corrected chi connectivity index (χ3v) is 4.99. The summed E-state index contributed by atoms with van der Waals surface area (Å²) in [5, 5.41) is 11.4. The number of amides is 3. The van der Waals surface area contributed by atoms with Gasteiger partial charge in [0.05, 0.1) is 25.1 Å². The van der Waals surface area contributed by atoms with E-state index in [-0.39, 0.29) is 24.5 Å². The van der Waals surface area contributed by atoms with Crippen LogP contribution in [-0.2, 0) is 4.79 Å². The fourth-order valence-electron chi connectivity index (χ4n) is 3.10. The van der Waals surface area contributed by atoms with Crippen LogP contribution in [-0.4, -0.2) is 48.1 Å². The number of unbranched alkanes of at least 4 members (excludes halogenated alkanes) is 2. The Morgan fingerprint density at radius 2 is 2.21 bits per heavy atom. The monoisotopic (exact) mass is 400 g/mol. The summed E-state index contributed by atoms with van der Waals surface area (Å²) in [5.41, 5.74) is 7.36. The second kappa shape index (κ2) is 10.7. The number of rotatable bonds is 13. The maximum Gasteiger partial charge on any atom is 0.324 e. The molecule has 2 heterocycles. The number of imide groups is 1. The number of carbonyl (C=O) groups excluding carboxylic acids is 2. The maximum absolute atomic E-state index is 11.5. The summed E-state index contributed by atoms with van der Waals surface area (Å²) in [6.45, 7) is 2.19. The number of pyridine rings is 1. The van der Waals surface area contributed by atoms with Gasteiger partial charge in [-0.3, -0.25) is 15.5 Å². The Balaban J connectivity index is 1.34. The number of urea groups is 1. The highest BCUT2D eigenvalue weighted by molar-refractivity contribution is 6.01. The molecule has 9 nitrogen and oxygen atoms in total. The minimum atomic E-state index is -0.299. The molecule has 1 aliphatic heterocycles. The van der Waals surface area contributed by atoms with Crippen LogP contribution in [0.3, 0.4) is 0 Å². The summed E-state index contributed by atoms with van der Waals surface area (Å²) in [7, 11) is 0. The molecule has 2 aliphatic rings. The Morgan fingerprint density at radius 1 is 1.34 bits per heavy atom. The van der Waals surface area contributed by atoms with Crippen molar-refractivity contribution in [1.82, 2.24) is 26.1 Å². The average molecular weight is 400 g/mol. The smallest absolute Gasteiger partial charge is 0.324 e. The molecule has 0 radical (unpaired) electrons. The number of nitriles is 1. The molecule has 1 saturated heterocycles. The third-order valence-electron chi connectivity index (χ3n) is 4.99. The van der Waals surface area contributed by atoms with E-state index in [1.165, 1.54) is 17.7 Å². The molecule has 156 valence electrons. The van der Waals surface area contributed by atoms with Crippen LogP contribution in [0.15, 0.2) is 18.3 Å². The predicted molar refractivity (Wildman–Crippen MR) is 106 cm³/mol. The highest BCUT2D eigenvalue weighted by atomic mass is 16.5. The standard InChI is InChI=1S/C20H28N6O3/c21-8-6-17(16-7-10-22-19(12-16)29-14-15-4-5-15)25-23-9-2-1-3-11-26-13-18(27)24-20(26)28/h7,10,12,15,17,23,25H,1-6,9,11,13-14H2,(H,24,27,28). The molecule has 1 aromatic heterocycles. The highest BCUT2D eigenvalue weighted by Gasteiger charge is 2.25. The summed E-state index contributed by atoms with van der Waals surface area (Å²) in [6, 6.07) is 5.55. The fraction of sp³-hybridized carbons (Fsp3) is 0.600. The van der Waals surface area contributed by atoms with E-state index in [9.17, 15) is 9.59 Å². The number of hydrogen-bond donors (Lipinski definition) is 3. The Morgan fingerprint density at radius 3 is 2.93 bits per heavy atom. The van der Waals surface area contributed by atoms with E-state index in [0.717, 1.165) is 31.4 Å². The van der Waals surface area contributed by atoms with Crippen LogP contribution in [0.4, 0.5) is 4.79 Å². The van der Waals surface area contributed by atoms with Crippen molar-refractivity contribution >= 4 is 11.9 Å². The molecule has 3 N–H and O–H groups in total. The van der Waals surface area contributed by atoms with E-state index in [0.29, 0.717) is 31.4 Å². The molecule has 0 spiro atoms. The van der Waals surface area contributed by atoms with Gasteiger partial charge in [-0.15, -0.1) is 0 Å². The van der Waals surface area contributed by atoms with E-state index >= 15 is 0 Å². The van der Waals surface area contributed by atoms with Crippen molar-refractivity contribution in [2.75, 3.05) is 26.2 Å². The molecule has 0 bridgehead atoms. The normalized spacial score (nSPS) is 17.1. The molecule has 1 atom stereocenters. The van der Waals surface area contributed by atoms with Crippen LogP contribution in [0, 0.1) is 17.2 Å². The summed E-state index contributed by atoms with van der Waals surface area (Å²) < 4.78 is 5.73. The number of hydrogen-bond acceptors (Lipinski definition) is 7. The first kappa shape index (κ1) is 21.0. The Bertz CT molecular complexity index is 746. The van der Waals surface area contributed by atoms with Crippen molar-refractivity contribution in [2.24, 2.45) is 5.92 Å². The molecular formula is C20H28N6O3. The third kappa shape index (κ3) is 7.00. The molecule has 1 unspecified atom stereocenters. The molecule has 0 aromatic carbocycles. The van der Waals surface area contributed by atoms with Crippen LogP contribution in [0.1, 0.15) is 50.1 Å². The minimum absolute atomic E-state index is 0.148. The number of carbonyl (C=O) groups is 2. The SMILES string of the molecule is N#CCC(NNCCCCCN1CC(=O)NC1=O)c1ccnc(OCC2CC2)c1. The first-order valence-corrected chi connectivity index (χ1v) is 10.2. The van der Waals surface area contributed by atoms with Crippen molar-refractivity contribution in [1.29, 1.82) is 5.26 Å². The summed E-state index contributed by atoms with van der Waals surface area (Å²) in [4.78, 5) is 28.4. The summed E-state index contributed by atoms with van der Waals surface area (Å²) in [5.74, 6) is 1.03. The van der Waals surface area contributed by atoms with Gasteiger partial charge < -0.3 is 9.64 Å². The quantitative estimate of drug-likeness (QED) is 0.262. The van der Waals surface area contributed by atoms with Gasteiger partial charge >= 0.3 is 6.03 Å². The average Bonchev–Trinajstić information content (AvgIpc) is 3.49. The Labute approximate surface area is 170 Å². The Kier molecular flexibility index (Phi) is 7.78. The first-order valence-electron chi connectivity index (χ1n) is 10.2. The van der Waals surface area contributed by atoms with E-state index < -0.39 is 0 Å². The van der Waals surface area contributed by atoms with Crippen molar-refractivity contribution in [2.45, 2.75) is 44.6 Å². The minimum Gasteiger partial charge on any atom is -0.477 e. The van der Waals surface area contributed by atoms with E-state index in [4.69, 9.17) is 10.00 Å². The lowest BCUT2D eigenvalue weighted by molar-refractivity contribution is -0.118. The van der Waals surface area contributed by atoms with Crippen LogP contribution >= 0.6 is 0 Å². The largest absolute Gasteiger partial charge is 0.477 e. The number of nitrogens with one attached hydrogen (secondary N) is 3. The van der Waals surface area contributed by atoms with Gasteiger partial charge in [-0.1, -0.05) is 6.42 Å². The van der Waals surface area contributed by atoms with Crippen molar-refractivity contribution < 1.29 is 14.3 Å². The molecule has 1 saturated carbocycles. The molecule has 3 amide bonds. The molecule has 2 fully saturated rings. The number of ether oxygens (including phenoxy) is 1. The second-order valence-electron chi connectivity index (χ2n) is 7.50. The van der Waals surface area contributed by atoms with Crippen molar-refractivity contribution in [3.05, 3.63) is 23.9 Å². The van der Waals surface area contributed by atoms with Gasteiger partial charge in [-0.2, -0.15) is 5.26 Å². The van der Waals surface area contributed by atoms with E-state index in [1.807, 2.05) is 12.1 Å². The summed E-state index contributed by atoms with van der Waals surface area (Å²) in [6.07, 6.45) is 7.19. The van der Waals surface area contributed by atoms with Gasteiger partial charge in [0.1, 0.15) is 6.54 Å². The van der Waals surface area contributed by atoms with Crippen LogP contribution < -0.4 is 20.9 Å². The predicted octanol–water partition coefficient (Wildman–Crippen LogP) is 1.64. The van der Waals surface area contributed by atoms with Crippen LogP contribution in [0.25, 0.3) is 0 Å². The van der Waals surface area contributed by atoms with Gasteiger partial charge in [-0.25, -0.2) is 15.2 Å². The van der Waals surface area contributed by atoms with Gasteiger partial charge in [0.15, 0.2) is 0 Å². The molecule has 3 rings (SSSR count). The van der Waals surface area contributed by atoms with Gasteiger partial charge in [0, 0.05) is 25.4 Å². The number of aromatic nitrogens is 1. The van der Waals surface area contributed by atoms with Gasteiger partial charge in [0.25, 0.3) is 0 Å². The zero-order valence-corrected chi connectivity index (χ0v) is 16.5. The lowest BCUT2D eigenvalue weighted by Crippen LogP contribution is -2.36. The lowest BCUT2D eigenvalue weighted by atomic mass is 10.1. The van der Waals surface area contributed by atoms with Gasteiger partial charge in [0.2, 0.25) is 11.8 Å². The molecule has 29 heavy (non-hydrogen) atoms. The molecule has 1 aromatic rings. The first-order chi connectivity index (χ1) is 14.2. The fourth-order valence-corrected chi connectivity index (χ4v) is 3.10. The van der Waals surface area contributed by atoms with Crippen LogP contribution in [0.5, 0.6) is 5.88 Å². The number of hydrazine groups is 1.